The summed E-state index contributed by atoms with van der Waals surface area (Å²) in [5.74, 6) is 1.86. The predicted molar refractivity (Wildman–Crippen MR) is 74.0 cm³/mol. The van der Waals surface area contributed by atoms with Gasteiger partial charge < -0.3 is 10.1 Å². The van der Waals surface area contributed by atoms with Gasteiger partial charge in [-0.25, -0.2) is 0 Å². The van der Waals surface area contributed by atoms with E-state index >= 15 is 0 Å². The lowest BCUT2D eigenvalue weighted by Gasteiger charge is -2.23. The average Bonchev–Trinajstić information content (AvgIpc) is 3.23. The van der Waals surface area contributed by atoms with Crippen LogP contribution in [0.5, 0.6) is 5.75 Å². The summed E-state index contributed by atoms with van der Waals surface area (Å²) in [5.41, 5.74) is 1.42. The van der Waals surface area contributed by atoms with Crippen molar-refractivity contribution in [2.45, 2.75) is 44.6 Å². The maximum Gasteiger partial charge on any atom is 0.119 e. The van der Waals surface area contributed by atoms with E-state index in [-0.39, 0.29) is 0 Å². The van der Waals surface area contributed by atoms with Crippen LogP contribution in [0.15, 0.2) is 24.3 Å². The van der Waals surface area contributed by atoms with Crippen LogP contribution in [0.2, 0.25) is 0 Å². The van der Waals surface area contributed by atoms with Gasteiger partial charge in [0.1, 0.15) is 5.75 Å². The molecule has 0 amide bonds. The summed E-state index contributed by atoms with van der Waals surface area (Å²) >= 11 is 0. The summed E-state index contributed by atoms with van der Waals surface area (Å²) in [5, 5.41) is 3.60. The highest BCUT2D eigenvalue weighted by molar-refractivity contribution is 5.28. The molecule has 0 aromatic heterocycles. The van der Waals surface area contributed by atoms with Crippen molar-refractivity contribution in [1.82, 2.24) is 5.32 Å². The third-order valence-electron chi connectivity index (χ3n) is 4.00. The Morgan fingerprint density at radius 2 is 1.89 bits per heavy atom. The number of piperidine rings is 1. The van der Waals surface area contributed by atoms with Crippen molar-refractivity contribution in [2.24, 2.45) is 5.92 Å². The van der Waals surface area contributed by atoms with Gasteiger partial charge in [0.05, 0.1) is 6.61 Å². The van der Waals surface area contributed by atoms with E-state index in [4.69, 9.17) is 4.74 Å². The Labute approximate surface area is 110 Å². The van der Waals surface area contributed by atoms with Crippen LogP contribution >= 0.6 is 0 Å². The molecule has 2 aliphatic rings. The van der Waals surface area contributed by atoms with Gasteiger partial charge >= 0.3 is 0 Å². The van der Waals surface area contributed by atoms with Crippen LogP contribution in [-0.4, -0.2) is 19.2 Å². The van der Waals surface area contributed by atoms with Crippen molar-refractivity contribution >= 4 is 0 Å². The number of rotatable bonds is 5. The highest BCUT2D eigenvalue weighted by Gasteiger charge is 2.21. The van der Waals surface area contributed by atoms with E-state index in [0.717, 1.165) is 24.7 Å². The van der Waals surface area contributed by atoms with Gasteiger partial charge in [-0.1, -0.05) is 18.6 Å². The zero-order valence-corrected chi connectivity index (χ0v) is 11.0. The Bertz CT molecular complexity index is 363. The topological polar surface area (TPSA) is 21.3 Å². The minimum absolute atomic E-state index is 0.678. The lowest BCUT2D eigenvalue weighted by molar-refractivity contribution is 0.299. The first-order valence-corrected chi connectivity index (χ1v) is 7.35. The molecule has 98 valence electrons. The largest absolute Gasteiger partial charge is 0.493 e. The van der Waals surface area contributed by atoms with Crippen LogP contribution in [0.4, 0.5) is 0 Å². The predicted octanol–water partition coefficient (Wildman–Crippen LogP) is 3.16. The summed E-state index contributed by atoms with van der Waals surface area (Å²) in [7, 11) is 0. The molecule has 1 atom stereocenters. The van der Waals surface area contributed by atoms with Crippen molar-refractivity contribution in [3.8, 4) is 5.75 Å². The van der Waals surface area contributed by atoms with Gasteiger partial charge in [-0.2, -0.15) is 0 Å². The second kappa shape index (κ2) is 5.75. The molecular weight excluding hydrogens is 222 g/mol. The Hall–Kier alpha value is -1.02. The van der Waals surface area contributed by atoms with Crippen LogP contribution in [0.25, 0.3) is 0 Å². The molecule has 1 aromatic rings. The fraction of sp³-hybridized carbons (Fsp3) is 0.625. The van der Waals surface area contributed by atoms with Crippen LogP contribution in [0.3, 0.4) is 0 Å². The molecule has 1 N–H and O–H groups in total. The summed E-state index contributed by atoms with van der Waals surface area (Å²) in [4.78, 5) is 0. The maximum atomic E-state index is 5.76. The molecule has 1 saturated carbocycles. The highest BCUT2D eigenvalue weighted by atomic mass is 16.5. The quantitative estimate of drug-likeness (QED) is 0.860. The fourth-order valence-electron chi connectivity index (χ4n) is 2.60. The molecule has 1 aliphatic carbocycles. The SMILES string of the molecule is c1cc(OCC2CC2)ccc1CC1CCCCN1. The molecule has 0 spiro atoms. The van der Waals surface area contributed by atoms with Crippen molar-refractivity contribution in [3.05, 3.63) is 29.8 Å². The van der Waals surface area contributed by atoms with Crippen LogP contribution < -0.4 is 10.1 Å². The monoisotopic (exact) mass is 245 g/mol. The highest BCUT2D eigenvalue weighted by Crippen LogP contribution is 2.29. The summed E-state index contributed by atoms with van der Waals surface area (Å²) in [6, 6.07) is 9.37. The number of nitrogens with one attached hydrogen (secondary N) is 1. The zero-order valence-electron chi connectivity index (χ0n) is 11.0. The molecule has 1 aromatic carbocycles. The Morgan fingerprint density at radius 3 is 2.56 bits per heavy atom. The van der Waals surface area contributed by atoms with E-state index in [9.17, 15) is 0 Å². The van der Waals surface area contributed by atoms with Crippen molar-refractivity contribution in [1.29, 1.82) is 0 Å². The number of ether oxygens (including phenoxy) is 1. The summed E-state index contributed by atoms with van der Waals surface area (Å²) < 4.78 is 5.76. The second-order valence-electron chi connectivity index (χ2n) is 5.75. The zero-order chi connectivity index (χ0) is 12.2. The molecular formula is C16H23NO. The van der Waals surface area contributed by atoms with Crippen LogP contribution in [0, 0.1) is 5.92 Å². The molecule has 0 bridgehead atoms. The Balaban J connectivity index is 1.49. The standard InChI is InChI=1S/C16H23NO/c1-2-10-17-15(3-1)11-13-6-8-16(9-7-13)18-12-14-4-5-14/h6-9,14-15,17H,1-5,10-12H2. The number of benzene rings is 1. The van der Waals surface area contributed by atoms with E-state index < -0.39 is 0 Å². The Morgan fingerprint density at radius 1 is 1.06 bits per heavy atom. The van der Waals surface area contributed by atoms with Gasteiger partial charge in [0.2, 0.25) is 0 Å². The van der Waals surface area contributed by atoms with Crippen molar-refractivity contribution < 1.29 is 4.74 Å². The van der Waals surface area contributed by atoms with E-state index in [0.29, 0.717) is 6.04 Å². The molecule has 0 radical (unpaired) electrons. The van der Waals surface area contributed by atoms with Gasteiger partial charge in [-0.05, 0) is 62.3 Å². The number of hydrogen-bond acceptors (Lipinski definition) is 2. The van der Waals surface area contributed by atoms with Gasteiger partial charge in [0.25, 0.3) is 0 Å². The average molecular weight is 245 g/mol. The lowest BCUT2D eigenvalue weighted by atomic mass is 9.98. The van der Waals surface area contributed by atoms with Gasteiger partial charge in [0, 0.05) is 6.04 Å². The minimum atomic E-state index is 0.678. The molecule has 18 heavy (non-hydrogen) atoms. The molecule has 1 aliphatic heterocycles. The van der Waals surface area contributed by atoms with E-state index in [2.05, 4.69) is 29.6 Å². The van der Waals surface area contributed by atoms with Crippen LogP contribution in [-0.2, 0) is 6.42 Å². The summed E-state index contributed by atoms with van der Waals surface area (Å²) in [6.07, 6.45) is 7.89. The molecule has 1 unspecified atom stereocenters. The van der Waals surface area contributed by atoms with E-state index in [1.807, 2.05) is 0 Å². The fourth-order valence-corrected chi connectivity index (χ4v) is 2.60. The lowest BCUT2D eigenvalue weighted by Crippen LogP contribution is -2.35. The van der Waals surface area contributed by atoms with Crippen LogP contribution in [0.1, 0.15) is 37.7 Å². The van der Waals surface area contributed by atoms with E-state index in [1.165, 1.54) is 44.2 Å². The van der Waals surface area contributed by atoms with Crippen molar-refractivity contribution in [2.75, 3.05) is 13.2 Å². The van der Waals surface area contributed by atoms with Gasteiger partial charge in [-0.3, -0.25) is 0 Å². The Kier molecular flexibility index (Phi) is 3.84. The first kappa shape index (κ1) is 12.0. The molecule has 2 heteroatoms. The normalized spacial score (nSPS) is 23.9. The second-order valence-corrected chi connectivity index (χ2v) is 5.75. The smallest absolute Gasteiger partial charge is 0.119 e. The van der Waals surface area contributed by atoms with E-state index in [1.54, 1.807) is 0 Å². The summed E-state index contributed by atoms with van der Waals surface area (Å²) in [6.45, 7) is 2.09. The molecule has 2 fully saturated rings. The van der Waals surface area contributed by atoms with Gasteiger partial charge in [-0.15, -0.1) is 0 Å². The van der Waals surface area contributed by atoms with Crippen molar-refractivity contribution in [3.63, 3.8) is 0 Å². The molecule has 1 saturated heterocycles. The first-order valence-electron chi connectivity index (χ1n) is 7.35. The molecule has 2 nitrogen and oxygen atoms in total. The third kappa shape index (κ3) is 3.49. The first-order chi connectivity index (χ1) is 8.90. The molecule has 1 heterocycles. The third-order valence-corrected chi connectivity index (χ3v) is 4.00. The maximum absolute atomic E-state index is 5.76. The minimum Gasteiger partial charge on any atom is -0.493 e. The number of hydrogen-bond donors (Lipinski definition) is 1. The van der Waals surface area contributed by atoms with Gasteiger partial charge in [0.15, 0.2) is 0 Å². The molecule has 3 rings (SSSR count).